The maximum Gasteiger partial charge on any atom is 0.387 e. The van der Waals surface area contributed by atoms with Crippen molar-refractivity contribution >= 4 is 23.7 Å². The number of carbonyl (C=O) groups excluding carboxylic acids is 2. The van der Waals surface area contributed by atoms with Crippen LogP contribution in [0, 0.1) is 0 Å². The largest absolute Gasteiger partial charge is 0.452 e. The number of nitrogens with zero attached hydrogens (tertiary/aromatic N) is 2. The van der Waals surface area contributed by atoms with Crippen LogP contribution in [0.25, 0.3) is 6.08 Å². The molecule has 0 spiro atoms. The highest BCUT2D eigenvalue weighted by molar-refractivity contribution is 6.02. The first kappa shape index (κ1) is 20.2. The smallest absolute Gasteiger partial charge is 0.387 e. The SMILES string of the molecule is O=C(C=Cc1ccc(OC(F)F)cc1)OCC(=O)N1CCC(c2ccccc2)=N1. The van der Waals surface area contributed by atoms with Gasteiger partial charge in [0.05, 0.1) is 12.3 Å². The van der Waals surface area contributed by atoms with E-state index < -0.39 is 25.1 Å². The fourth-order valence-corrected chi connectivity index (χ4v) is 2.65. The monoisotopic (exact) mass is 400 g/mol. The molecular formula is C21H18F2N2O4. The van der Waals surface area contributed by atoms with Gasteiger partial charge in [0.25, 0.3) is 5.91 Å². The Morgan fingerprint density at radius 3 is 2.52 bits per heavy atom. The van der Waals surface area contributed by atoms with Gasteiger partial charge >= 0.3 is 12.6 Å². The Morgan fingerprint density at radius 1 is 1.10 bits per heavy atom. The van der Waals surface area contributed by atoms with Crippen LogP contribution in [0.3, 0.4) is 0 Å². The number of rotatable bonds is 7. The number of benzene rings is 2. The lowest BCUT2D eigenvalue weighted by Gasteiger charge is -2.10. The fourth-order valence-electron chi connectivity index (χ4n) is 2.65. The summed E-state index contributed by atoms with van der Waals surface area (Å²) < 4.78 is 33.4. The third-order valence-corrected chi connectivity index (χ3v) is 4.05. The lowest BCUT2D eigenvalue weighted by Crippen LogP contribution is -2.28. The first-order valence-corrected chi connectivity index (χ1v) is 8.84. The van der Waals surface area contributed by atoms with Gasteiger partial charge in [0.1, 0.15) is 5.75 Å². The van der Waals surface area contributed by atoms with Gasteiger partial charge in [-0.05, 0) is 29.3 Å². The molecule has 29 heavy (non-hydrogen) atoms. The molecule has 1 heterocycles. The van der Waals surface area contributed by atoms with Gasteiger partial charge in [-0.25, -0.2) is 9.80 Å². The van der Waals surface area contributed by atoms with Crippen LogP contribution in [0.1, 0.15) is 17.5 Å². The summed E-state index contributed by atoms with van der Waals surface area (Å²) in [6.45, 7) is -2.88. The maximum atomic E-state index is 12.2. The van der Waals surface area contributed by atoms with Gasteiger partial charge in [-0.2, -0.15) is 13.9 Å². The average Bonchev–Trinajstić information content (AvgIpc) is 3.22. The second-order valence-electron chi connectivity index (χ2n) is 6.07. The van der Waals surface area contributed by atoms with E-state index in [4.69, 9.17) is 4.74 Å². The standard InChI is InChI=1S/C21H18F2N2O4/c22-21(23)29-17-9-6-15(7-10-17)8-11-20(27)28-14-19(26)25-13-12-18(24-25)16-4-2-1-3-5-16/h1-11,21H,12-14H2. The highest BCUT2D eigenvalue weighted by Gasteiger charge is 2.22. The number of esters is 1. The molecule has 0 saturated heterocycles. The molecule has 1 aliphatic heterocycles. The van der Waals surface area contributed by atoms with E-state index in [0.29, 0.717) is 18.5 Å². The molecule has 3 rings (SSSR count). The Balaban J connectivity index is 1.47. The predicted octanol–water partition coefficient (Wildman–Crippen LogP) is 3.48. The van der Waals surface area contributed by atoms with Gasteiger partial charge in [-0.15, -0.1) is 0 Å². The van der Waals surface area contributed by atoms with E-state index >= 15 is 0 Å². The Labute approximate surface area is 166 Å². The van der Waals surface area contributed by atoms with Crippen LogP contribution < -0.4 is 4.74 Å². The number of halogens is 2. The molecule has 6 nitrogen and oxygen atoms in total. The van der Waals surface area contributed by atoms with Crippen molar-refractivity contribution in [2.45, 2.75) is 13.0 Å². The molecule has 0 unspecified atom stereocenters. The van der Waals surface area contributed by atoms with Crippen LogP contribution in [-0.2, 0) is 14.3 Å². The summed E-state index contributed by atoms with van der Waals surface area (Å²) in [5, 5.41) is 5.58. The van der Waals surface area contributed by atoms with Gasteiger partial charge in [0.2, 0.25) is 0 Å². The van der Waals surface area contributed by atoms with Crippen molar-refractivity contribution < 1.29 is 27.8 Å². The molecule has 1 aliphatic rings. The Morgan fingerprint density at radius 2 is 1.83 bits per heavy atom. The quantitative estimate of drug-likeness (QED) is 0.527. The van der Waals surface area contributed by atoms with E-state index in [1.54, 1.807) is 0 Å². The second kappa shape index (κ2) is 9.59. The zero-order chi connectivity index (χ0) is 20.6. The third kappa shape index (κ3) is 5.97. The van der Waals surface area contributed by atoms with Crippen molar-refractivity contribution in [3.05, 3.63) is 71.8 Å². The summed E-state index contributed by atoms with van der Waals surface area (Å²) >= 11 is 0. The molecule has 1 amide bonds. The number of hydrogen-bond donors (Lipinski definition) is 0. The first-order chi connectivity index (χ1) is 14.0. The van der Waals surface area contributed by atoms with Crippen LogP contribution in [0.4, 0.5) is 8.78 Å². The molecular weight excluding hydrogens is 382 g/mol. The Bertz CT molecular complexity index is 912. The minimum absolute atomic E-state index is 0.0198. The Kier molecular flexibility index (Phi) is 6.67. The molecule has 0 bridgehead atoms. The van der Waals surface area contributed by atoms with Gasteiger partial charge < -0.3 is 9.47 Å². The van der Waals surface area contributed by atoms with Gasteiger partial charge in [-0.3, -0.25) is 4.79 Å². The molecule has 0 aliphatic carbocycles. The maximum absolute atomic E-state index is 12.2. The van der Waals surface area contributed by atoms with E-state index in [-0.39, 0.29) is 5.75 Å². The summed E-state index contributed by atoms with van der Waals surface area (Å²) in [6, 6.07) is 15.3. The Hall–Kier alpha value is -3.55. The lowest BCUT2D eigenvalue weighted by molar-refractivity contribution is -0.147. The summed E-state index contributed by atoms with van der Waals surface area (Å²) in [6.07, 6.45) is 3.23. The molecule has 0 fully saturated rings. The fraction of sp³-hybridized carbons (Fsp3) is 0.190. The summed E-state index contributed by atoms with van der Waals surface area (Å²) in [7, 11) is 0. The summed E-state index contributed by atoms with van der Waals surface area (Å²) in [4.78, 5) is 24.0. The van der Waals surface area contributed by atoms with Gasteiger partial charge in [0, 0.05) is 12.5 Å². The summed E-state index contributed by atoms with van der Waals surface area (Å²) in [5.41, 5.74) is 2.35. The van der Waals surface area contributed by atoms with Crippen LogP contribution in [-0.4, -0.2) is 42.4 Å². The highest BCUT2D eigenvalue weighted by atomic mass is 19.3. The van der Waals surface area contributed by atoms with Crippen molar-refractivity contribution in [3.63, 3.8) is 0 Å². The van der Waals surface area contributed by atoms with Crippen molar-refractivity contribution in [3.8, 4) is 5.75 Å². The number of amides is 1. The zero-order valence-corrected chi connectivity index (χ0v) is 15.3. The van der Waals surface area contributed by atoms with Gasteiger partial charge in [-0.1, -0.05) is 42.5 Å². The zero-order valence-electron chi connectivity index (χ0n) is 15.3. The lowest BCUT2D eigenvalue weighted by atomic mass is 10.1. The normalized spacial score (nSPS) is 13.6. The minimum atomic E-state index is -2.90. The van der Waals surface area contributed by atoms with E-state index in [1.807, 2.05) is 30.3 Å². The number of carbonyl (C=O) groups is 2. The van der Waals surface area contributed by atoms with Crippen LogP contribution in [0.2, 0.25) is 0 Å². The predicted molar refractivity (Wildman–Crippen MR) is 102 cm³/mol. The molecule has 0 saturated carbocycles. The van der Waals surface area contributed by atoms with Gasteiger partial charge in [0.15, 0.2) is 6.61 Å². The van der Waals surface area contributed by atoms with Crippen LogP contribution >= 0.6 is 0 Å². The van der Waals surface area contributed by atoms with Crippen molar-refractivity contribution in [1.82, 2.24) is 5.01 Å². The molecule has 0 radical (unpaired) electrons. The van der Waals surface area contributed by atoms with E-state index in [9.17, 15) is 18.4 Å². The van der Waals surface area contributed by atoms with Crippen molar-refractivity contribution in [2.75, 3.05) is 13.2 Å². The minimum Gasteiger partial charge on any atom is -0.452 e. The molecule has 150 valence electrons. The topological polar surface area (TPSA) is 68.2 Å². The van der Waals surface area contributed by atoms with Crippen molar-refractivity contribution in [2.24, 2.45) is 5.10 Å². The number of hydrogen-bond acceptors (Lipinski definition) is 5. The van der Waals surface area contributed by atoms with E-state index in [2.05, 4.69) is 9.84 Å². The molecule has 8 heteroatoms. The number of hydrazone groups is 1. The van der Waals surface area contributed by atoms with E-state index in [1.165, 1.54) is 35.4 Å². The average molecular weight is 400 g/mol. The molecule has 0 atom stereocenters. The van der Waals surface area contributed by atoms with Crippen LogP contribution in [0.5, 0.6) is 5.75 Å². The molecule has 2 aromatic carbocycles. The summed E-state index contributed by atoms with van der Waals surface area (Å²) in [5.74, 6) is -1.09. The second-order valence-corrected chi connectivity index (χ2v) is 6.07. The first-order valence-electron chi connectivity index (χ1n) is 8.84. The highest BCUT2D eigenvalue weighted by Crippen LogP contribution is 2.16. The number of alkyl halides is 2. The van der Waals surface area contributed by atoms with E-state index in [0.717, 1.165) is 17.4 Å². The van der Waals surface area contributed by atoms with Crippen LogP contribution in [0.15, 0.2) is 65.8 Å². The van der Waals surface area contributed by atoms with Crippen molar-refractivity contribution in [1.29, 1.82) is 0 Å². The third-order valence-electron chi connectivity index (χ3n) is 4.05. The molecule has 2 aromatic rings. The number of ether oxygens (including phenoxy) is 2. The molecule has 0 N–H and O–H groups in total. The molecule has 0 aromatic heterocycles.